The van der Waals surface area contributed by atoms with E-state index >= 15 is 0 Å². The molecule has 59 heavy (non-hydrogen) atoms. The average molecular weight is 1010 g/mol. The second kappa shape index (κ2) is 20.5. The lowest BCUT2D eigenvalue weighted by molar-refractivity contribution is 0.00570. The van der Waals surface area contributed by atoms with Crippen LogP contribution in [0.2, 0.25) is 20.1 Å². The van der Waals surface area contributed by atoms with Gasteiger partial charge in [-0.15, -0.1) is 5.10 Å². The van der Waals surface area contributed by atoms with Crippen LogP contribution in [0, 0.1) is 0 Å². The van der Waals surface area contributed by atoms with E-state index in [1.807, 2.05) is 20.8 Å². The van der Waals surface area contributed by atoms with Crippen molar-refractivity contribution < 1.29 is 33.8 Å². The van der Waals surface area contributed by atoms with Crippen LogP contribution >= 0.6 is 78.3 Å². The fraction of sp³-hybridized carbons (Fsp3) is 0.200. The molecule has 19 heteroatoms. The molecular weight excluding hydrogens is 977 g/mol. The van der Waals surface area contributed by atoms with E-state index in [0.717, 1.165) is 0 Å². The summed E-state index contributed by atoms with van der Waals surface area (Å²) in [6.07, 6.45) is 3.36. The maximum Gasteiger partial charge on any atom is 0.488 e. The topological polar surface area (TPSA) is 158 Å². The second-order valence-electron chi connectivity index (χ2n) is 14.4. The molecule has 0 radical (unpaired) electrons. The zero-order valence-corrected chi connectivity index (χ0v) is 38.5. The third-order valence-electron chi connectivity index (χ3n) is 7.10. The number of H-pyrrole nitrogens is 1. The Kier molecular flexibility index (Phi) is 16.5. The molecule has 0 unspecified atom stereocenters. The lowest BCUT2D eigenvalue weighted by Crippen LogP contribution is -2.30. The predicted molar refractivity (Wildman–Crippen MR) is 239 cm³/mol. The summed E-state index contributed by atoms with van der Waals surface area (Å²) in [6.45, 7) is 10.8. The van der Waals surface area contributed by atoms with Crippen molar-refractivity contribution in [2.45, 2.75) is 52.7 Å². The lowest BCUT2D eigenvalue weighted by Gasteiger charge is -2.19. The van der Waals surface area contributed by atoms with Crippen LogP contribution in [0.4, 0.5) is 0 Å². The van der Waals surface area contributed by atoms with E-state index in [2.05, 4.69) is 42.1 Å². The van der Waals surface area contributed by atoms with E-state index in [9.17, 15) is 14.4 Å². The number of hydrogen-bond donors (Lipinski definition) is 3. The minimum Gasteiger partial charge on any atom is -0.456 e. The van der Waals surface area contributed by atoms with Gasteiger partial charge in [-0.3, -0.25) is 14.6 Å². The van der Waals surface area contributed by atoms with Gasteiger partial charge >= 0.3 is 19.1 Å². The Balaban J connectivity index is 0.000000211. The number of halogens is 6. The fourth-order valence-corrected chi connectivity index (χ4v) is 6.31. The highest BCUT2D eigenvalue weighted by molar-refractivity contribution is 9.10. The number of nitrogens with one attached hydrogen (secondary N) is 1. The molecule has 0 aliphatic carbocycles. The van der Waals surface area contributed by atoms with E-state index in [1.54, 1.807) is 103 Å². The fourth-order valence-electron chi connectivity index (χ4n) is 4.63. The van der Waals surface area contributed by atoms with Crippen LogP contribution in [-0.2, 0) is 9.47 Å². The molecule has 0 saturated carbocycles. The van der Waals surface area contributed by atoms with Crippen LogP contribution in [0.5, 0.6) is 11.6 Å². The van der Waals surface area contributed by atoms with Crippen molar-refractivity contribution in [2.75, 3.05) is 0 Å². The molecule has 2 aromatic heterocycles. The van der Waals surface area contributed by atoms with Crippen LogP contribution in [-0.4, -0.2) is 59.9 Å². The van der Waals surface area contributed by atoms with Crippen molar-refractivity contribution in [3.8, 4) is 23.0 Å². The molecule has 0 spiro atoms. The first-order valence-corrected chi connectivity index (χ1v) is 20.4. The summed E-state index contributed by atoms with van der Waals surface area (Å²) >= 11 is 30.3. The number of carbonyl (C=O) groups is 2. The standard InChI is InChI=1S/C20H17BrCl2N2O3.C11H15BO4.C9H5BrCl2N2O/c1-20(2,3)28-19(26)12-4-6-16(7-5-12)27-18-17(21)11-25(24-18)15-9-13(22)8-14(23)10-15;1-11(2,3)16-10(13)8-4-6-9(7-5-8)12(14)15;10-8-4-14(13-9(8)15)7-2-5(11)1-6(12)3-7/h4-11H,1-3H3;4-7,14-15H,1-3H3;1-4H,(H,13,15). The largest absolute Gasteiger partial charge is 0.488 e. The zero-order chi connectivity index (χ0) is 43.8. The number of carbonyl (C=O) groups excluding carboxylic acids is 2. The highest BCUT2D eigenvalue weighted by Gasteiger charge is 2.20. The summed E-state index contributed by atoms with van der Waals surface area (Å²) in [5, 5.41) is 26.8. The van der Waals surface area contributed by atoms with Gasteiger partial charge in [-0.2, -0.15) is 0 Å². The lowest BCUT2D eigenvalue weighted by atomic mass is 9.80. The first-order valence-electron chi connectivity index (χ1n) is 17.3. The molecule has 310 valence electrons. The van der Waals surface area contributed by atoms with Crippen molar-refractivity contribution in [1.29, 1.82) is 0 Å². The molecule has 3 N–H and O–H groups in total. The zero-order valence-electron chi connectivity index (χ0n) is 32.3. The second-order valence-corrected chi connectivity index (χ2v) is 17.9. The molecule has 6 rings (SSSR count). The van der Waals surface area contributed by atoms with Crippen LogP contribution in [0.15, 0.2) is 111 Å². The first-order chi connectivity index (χ1) is 27.5. The Morgan fingerprint density at radius 1 is 0.678 bits per heavy atom. The van der Waals surface area contributed by atoms with E-state index in [4.69, 9.17) is 70.7 Å². The van der Waals surface area contributed by atoms with Crippen molar-refractivity contribution in [1.82, 2.24) is 19.6 Å². The number of nitrogens with zero attached hydrogens (tertiary/aromatic N) is 3. The van der Waals surface area contributed by atoms with Crippen LogP contribution in [0.1, 0.15) is 62.3 Å². The minimum atomic E-state index is -1.52. The normalized spacial score (nSPS) is 11.1. The Bertz CT molecular complexity index is 2420. The monoisotopic (exact) mass is 1010 g/mol. The van der Waals surface area contributed by atoms with Crippen molar-refractivity contribution in [3.05, 3.63) is 148 Å². The number of aromatic nitrogens is 4. The Labute approximate surface area is 377 Å². The van der Waals surface area contributed by atoms with Crippen molar-refractivity contribution >= 4 is 103 Å². The van der Waals surface area contributed by atoms with Gasteiger partial charge in [0, 0.05) is 32.5 Å². The third kappa shape index (κ3) is 15.2. The number of hydrogen-bond acceptors (Lipinski definition) is 9. The first kappa shape index (κ1) is 47.6. The number of benzene rings is 4. The van der Waals surface area contributed by atoms with Crippen molar-refractivity contribution in [3.63, 3.8) is 0 Å². The van der Waals surface area contributed by atoms with Gasteiger partial charge in [-0.25, -0.2) is 14.3 Å². The number of rotatable bonds is 7. The van der Waals surface area contributed by atoms with Gasteiger partial charge in [0.05, 0.1) is 27.0 Å². The van der Waals surface area contributed by atoms with E-state index in [-0.39, 0.29) is 11.5 Å². The molecule has 0 aliphatic rings. The summed E-state index contributed by atoms with van der Waals surface area (Å²) < 4.78 is 20.6. The van der Waals surface area contributed by atoms with E-state index in [1.165, 1.54) is 24.3 Å². The molecule has 0 bridgehead atoms. The van der Waals surface area contributed by atoms with E-state index < -0.39 is 24.3 Å². The highest BCUT2D eigenvalue weighted by atomic mass is 79.9. The number of esters is 2. The maximum atomic E-state index is 12.1. The SMILES string of the molecule is CC(C)(C)OC(=O)c1ccc(B(O)O)cc1.CC(C)(C)OC(=O)c1ccc(Oc2nn(-c3cc(Cl)cc(Cl)c3)cc2Br)cc1.O=c1[nH]n(-c2cc(Cl)cc(Cl)c2)cc1Br. The summed E-state index contributed by atoms with van der Waals surface area (Å²) in [5.41, 5.74) is 1.29. The summed E-state index contributed by atoms with van der Waals surface area (Å²) in [5.74, 6) is 0.0809. The summed E-state index contributed by atoms with van der Waals surface area (Å²) in [4.78, 5) is 34.9. The Hall–Kier alpha value is -4.06. The number of aromatic amines is 1. The smallest absolute Gasteiger partial charge is 0.456 e. The van der Waals surface area contributed by atoms with Gasteiger partial charge in [0.2, 0.25) is 0 Å². The Morgan fingerprint density at radius 3 is 1.53 bits per heavy atom. The molecule has 0 saturated heterocycles. The summed E-state index contributed by atoms with van der Waals surface area (Å²) in [6, 6.07) is 22.8. The van der Waals surface area contributed by atoms with Crippen molar-refractivity contribution in [2.24, 2.45) is 0 Å². The van der Waals surface area contributed by atoms with E-state index in [0.29, 0.717) is 68.6 Å². The van der Waals surface area contributed by atoms with Crippen LogP contribution in [0.3, 0.4) is 0 Å². The minimum absolute atomic E-state index is 0.203. The van der Waals surface area contributed by atoms with Crippen LogP contribution < -0.4 is 15.8 Å². The van der Waals surface area contributed by atoms with Gasteiger partial charge in [-0.05, 0) is 152 Å². The molecule has 0 aliphatic heterocycles. The maximum absolute atomic E-state index is 12.1. The quantitative estimate of drug-likeness (QED) is 0.105. The third-order valence-corrected chi connectivity index (χ3v) is 9.09. The molecule has 4 aromatic carbocycles. The number of ether oxygens (including phenoxy) is 3. The van der Waals surface area contributed by atoms with Gasteiger partial charge < -0.3 is 24.3 Å². The highest BCUT2D eigenvalue weighted by Crippen LogP contribution is 2.31. The molecule has 6 aromatic rings. The summed E-state index contributed by atoms with van der Waals surface area (Å²) in [7, 11) is -1.52. The van der Waals surface area contributed by atoms with Gasteiger partial charge in [0.25, 0.3) is 11.4 Å². The van der Waals surface area contributed by atoms with Crippen LogP contribution in [0.25, 0.3) is 11.4 Å². The predicted octanol–water partition coefficient (Wildman–Crippen LogP) is 10.2. The van der Waals surface area contributed by atoms with Gasteiger partial charge in [0.1, 0.15) is 21.4 Å². The van der Waals surface area contributed by atoms with Gasteiger partial charge in [-0.1, -0.05) is 58.5 Å². The molecule has 0 atom stereocenters. The molecule has 2 heterocycles. The molecule has 0 fully saturated rings. The molecular formula is C40H37BBr2Cl4N4O8. The molecule has 12 nitrogen and oxygen atoms in total. The molecule has 0 amide bonds. The van der Waals surface area contributed by atoms with Gasteiger partial charge in [0.15, 0.2) is 0 Å². The average Bonchev–Trinajstić information content (AvgIpc) is 3.66. The Morgan fingerprint density at radius 2 is 1.12 bits per heavy atom.